The molecule has 0 amide bonds. The Kier molecular flexibility index (Phi) is 5.76. The zero-order chi connectivity index (χ0) is 15.2. The summed E-state index contributed by atoms with van der Waals surface area (Å²) in [5.74, 6) is 0.572. The maximum Gasteiger partial charge on any atom is 0.140 e. The average Bonchev–Trinajstić information content (AvgIpc) is 2.82. The van der Waals surface area contributed by atoms with E-state index >= 15 is 0 Å². The highest BCUT2D eigenvalue weighted by molar-refractivity contribution is 5.80. The Bertz CT molecular complexity index is 562. The molecule has 0 bridgehead atoms. The van der Waals surface area contributed by atoms with Gasteiger partial charge in [0.1, 0.15) is 5.65 Å². The Morgan fingerprint density at radius 1 is 1.38 bits per heavy atom. The smallest absolute Gasteiger partial charge is 0.140 e. The van der Waals surface area contributed by atoms with E-state index in [1.54, 1.807) is 0 Å². The summed E-state index contributed by atoms with van der Waals surface area (Å²) in [4.78, 5) is 4.52. The Labute approximate surface area is 127 Å². The van der Waals surface area contributed by atoms with Gasteiger partial charge in [-0.2, -0.15) is 0 Å². The van der Waals surface area contributed by atoms with Gasteiger partial charge < -0.3 is 15.0 Å². The molecule has 1 atom stereocenters. The van der Waals surface area contributed by atoms with Crippen LogP contribution in [0.5, 0.6) is 0 Å². The molecule has 0 spiro atoms. The number of ether oxygens (including phenoxy) is 1. The van der Waals surface area contributed by atoms with E-state index in [1.807, 2.05) is 12.3 Å². The van der Waals surface area contributed by atoms with Gasteiger partial charge in [0.05, 0.1) is 6.61 Å². The fraction of sp³-hybridized carbons (Fsp3) is 0.588. The molecule has 2 aromatic heterocycles. The number of hydrogen-bond donors (Lipinski definition) is 1. The normalized spacial score (nSPS) is 13.2. The van der Waals surface area contributed by atoms with E-state index in [-0.39, 0.29) is 6.04 Å². The van der Waals surface area contributed by atoms with Gasteiger partial charge in [-0.15, -0.1) is 0 Å². The summed E-state index contributed by atoms with van der Waals surface area (Å²) < 4.78 is 7.87. The van der Waals surface area contributed by atoms with Crippen molar-refractivity contribution in [2.75, 3.05) is 13.2 Å². The predicted molar refractivity (Wildman–Crippen MR) is 87.4 cm³/mol. The number of nitrogens with zero attached hydrogens (tertiary/aromatic N) is 2. The summed E-state index contributed by atoms with van der Waals surface area (Å²) in [6.45, 7) is 8.81. The number of pyridine rings is 1. The highest BCUT2D eigenvalue weighted by Crippen LogP contribution is 2.21. The van der Waals surface area contributed by atoms with Crippen LogP contribution in [0.2, 0.25) is 0 Å². The summed E-state index contributed by atoms with van der Waals surface area (Å²) in [7, 11) is 0. The van der Waals surface area contributed by atoms with Crippen molar-refractivity contribution in [2.45, 2.75) is 46.2 Å². The monoisotopic (exact) mass is 289 g/mol. The second-order valence-electron chi connectivity index (χ2n) is 6.06. The van der Waals surface area contributed by atoms with E-state index in [2.05, 4.69) is 42.6 Å². The number of hydrogen-bond acceptors (Lipinski definition) is 3. The van der Waals surface area contributed by atoms with Gasteiger partial charge in [0.2, 0.25) is 0 Å². The van der Waals surface area contributed by atoms with Gasteiger partial charge in [0.15, 0.2) is 0 Å². The summed E-state index contributed by atoms with van der Waals surface area (Å²) in [5.41, 5.74) is 8.43. The molecule has 4 nitrogen and oxygen atoms in total. The highest BCUT2D eigenvalue weighted by Gasteiger charge is 2.11. The zero-order valence-electron chi connectivity index (χ0n) is 13.4. The fourth-order valence-corrected chi connectivity index (χ4v) is 2.44. The van der Waals surface area contributed by atoms with Crippen molar-refractivity contribution >= 4 is 11.0 Å². The number of aromatic nitrogens is 2. The molecule has 2 N–H and O–H groups in total. The van der Waals surface area contributed by atoms with Gasteiger partial charge in [0, 0.05) is 37.0 Å². The van der Waals surface area contributed by atoms with Crippen LogP contribution in [0.15, 0.2) is 24.5 Å². The van der Waals surface area contributed by atoms with Crippen molar-refractivity contribution in [3.63, 3.8) is 0 Å². The summed E-state index contributed by atoms with van der Waals surface area (Å²) in [6, 6.07) is 4.33. The van der Waals surface area contributed by atoms with E-state index in [0.29, 0.717) is 5.92 Å². The molecule has 0 radical (unpaired) electrons. The van der Waals surface area contributed by atoms with Gasteiger partial charge in [-0.25, -0.2) is 4.98 Å². The SMILES string of the molecule is CCC(N)Cc1cn(CCOCC(C)C)c2ncccc12. The molecular weight excluding hydrogens is 262 g/mol. The number of rotatable bonds is 8. The van der Waals surface area contributed by atoms with Crippen LogP contribution < -0.4 is 5.73 Å². The fourth-order valence-electron chi connectivity index (χ4n) is 2.44. The lowest BCUT2D eigenvalue weighted by atomic mass is 10.1. The van der Waals surface area contributed by atoms with E-state index in [1.165, 1.54) is 10.9 Å². The molecule has 0 fully saturated rings. The van der Waals surface area contributed by atoms with E-state index in [4.69, 9.17) is 10.5 Å². The Morgan fingerprint density at radius 3 is 2.90 bits per heavy atom. The van der Waals surface area contributed by atoms with Crippen molar-refractivity contribution < 1.29 is 4.74 Å². The first-order valence-corrected chi connectivity index (χ1v) is 7.87. The van der Waals surface area contributed by atoms with Crippen LogP contribution >= 0.6 is 0 Å². The first kappa shape index (κ1) is 16.0. The quantitative estimate of drug-likeness (QED) is 0.760. The molecule has 21 heavy (non-hydrogen) atoms. The molecule has 0 saturated heterocycles. The lowest BCUT2D eigenvalue weighted by Crippen LogP contribution is -2.21. The summed E-state index contributed by atoms with van der Waals surface area (Å²) in [6.07, 6.45) is 5.92. The molecule has 2 rings (SSSR count). The lowest BCUT2D eigenvalue weighted by molar-refractivity contribution is 0.104. The largest absolute Gasteiger partial charge is 0.379 e. The molecule has 0 aliphatic heterocycles. The van der Waals surface area contributed by atoms with Crippen LogP contribution in [0.4, 0.5) is 0 Å². The van der Waals surface area contributed by atoms with Crippen LogP contribution in [-0.4, -0.2) is 28.8 Å². The summed E-state index contributed by atoms with van der Waals surface area (Å²) in [5, 5.41) is 1.21. The number of fused-ring (bicyclic) bond motifs is 1. The Balaban J connectivity index is 2.12. The van der Waals surface area contributed by atoms with Gasteiger partial charge in [-0.1, -0.05) is 20.8 Å². The first-order valence-electron chi connectivity index (χ1n) is 7.87. The second-order valence-corrected chi connectivity index (χ2v) is 6.06. The van der Waals surface area contributed by atoms with Crippen molar-refractivity contribution in [3.8, 4) is 0 Å². The van der Waals surface area contributed by atoms with Crippen molar-refractivity contribution in [3.05, 3.63) is 30.1 Å². The molecule has 4 heteroatoms. The third-order valence-corrected chi connectivity index (χ3v) is 3.65. The highest BCUT2D eigenvalue weighted by atomic mass is 16.5. The third-order valence-electron chi connectivity index (χ3n) is 3.65. The molecule has 0 aromatic carbocycles. The molecule has 1 unspecified atom stereocenters. The standard InChI is InChI=1S/C17H27N3O/c1-4-15(18)10-14-11-20(8-9-21-12-13(2)3)17-16(14)6-5-7-19-17/h5-7,11,13,15H,4,8-10,12,18H2,1-3H3. The maximum atomic E-state index is 6.11. The van der Waals surface area contributed by atoms with Crippen molar-refractivity contribution in [1.29, 1.82) is 0 Å². The molecule has 116 valence electrons. The van der Waals surface area contributed by atoms with Crippen LogP contribution in [0.3, 0.4) is 0 Å². The second kappa shape index (κ2) is 7.57. The van der Waals surface area contributed by atoms with E-state index < -0.39 is 0 Å². The van der Waals surface area contributed by atoms with E-state index in [9.17, 15) is 0 Å². The molecule has 0 aliphatic rings. The molecule has 0 saturated carbocycles. The lowest BCUT2D eigenvalue weighted by Gasteiger charge is -2.08. The zero-order valence-corrected chi connectivity index (χ0v) is 13.4. The average molecular weight is 289 g/mol. The van der Waals surface area contributed by atoms with Crippen molar-refractivity contribution in [2.24, 2.45) is 11.7 Å². The van der Waals surface area contributed by atoms with E-state index in [0.717, 1.165) is 38.2 Å². The van der Waals surface area contributed by atoms with Crippen molar-refractivity contribution in [1.82, 2.24) is 9.55 Å². The Hall–Kier alpha value is -1.39. The van der Waals surface area contributed by atoms with Gasteiger partial charge in [-0.3, -0.25) is 0 Å². The Morgan fingerprint density at radius 2 is 2.19 bits per heavy atom. The molecule has 2 heterocycles. The van der Waals surface area contributed by atoms with Crippen LogP contribution in [0.1, 0.15) is 32.8 Å². The molecule has 2 aromatic rings. The predicted octanol–water partition coefficient (Wildman–Crippen LogP) is 2.99. The molecular formula is C17H27N3O. The minimum Gasteiger partial charge on any atom is -0.379 e. The van der Waals surface area contributed by atoms with Crippen LogP contribution in [0.25, 0.3) is 11.0 Å². The first-order chi connectivity index (χ1) is 10.1. The minimum atomic E-state index is 0.210. The maximum absolute atomic E-state index is 6.11. The summed E-state index contributed by atoms with van der Waals surface area (Å²) >= 11 is 0. The topological polar surface area (TPSA) is 53.1 Å². The van der Waals surface area contributed by atoms with Crippen LogP contribution in [0, 0.1) is 5.92 Å². The van der Waals surface area contributed by atoms with Gasteiger partial charge >= 0.3 is 0 Å². The third kappa shape index (κ3) is 4.29. The number of nitrogens with two attached hydrogens (primary N) is 1. The van der Waals surface area contributed by atoms with Gasteiger partial charge in [-0.05, 0) is 36.5 Å². The minimum absolute atomic E-state index is 0.210. The van der Waals surface area contributed by atoms with Crippen LogP contribution in [-0.2, 0) is 17.7 Å². The van der Waals surface area contributed by atoms with Gasteiger partial charge in [0.25, 0.3) is 0 Å². The molecule has 0 aliphatic carbocycles.